The Labute approximate surface area is 121 Å². The number of aromatic nitrogens is 1. The predicted octanol–water partition coefficient (Wildman–Crippen LogP) is 2.78. The number of nitrogens with zero attached hydrogens (tertiary/aromatic N) is 2. The van der Waals surface area contributed by atoms with Gasteiger partial charge in [-0.2, -0.15) is 5.26 Å². The standard InChI is InChI=1S/C15H13FN4O/c1-2-18-14-5-3-4-13(19-14)15(21)20-12-7-6-10(9-17)8-11(12)16/h3-8H,2H2,1H3,(H,18,19)(H,20,21). The molecule has 106 valence electrons. The van der Waals surface area contributed by atoms with Crippen LogP contribution in [0.2, 0.25) is 0 Å². The third kappa shape index (κ3) is 3.54. The fraction of sp³-hybridized carbons (Fsp3) is 0.133. The zero-order valence-corrected chi connectivity index (χ0v) is 11.4. The van der Waals surface area contributed by atoms with Crippen molar-refractivity contribution in [1.29, 1.82) is 5.26 Å². The summed E-state index contributed by atoms with van der Waals surface area (Å²) in [6, 6.07) is 10.6. The summed E-state index contributed by atoms with van der Waals surface area (Å²) in [5.41, 5.74) is 0.379. The Kier molecular flexibility index (Phi) is 4.46. The number of carbonyl (C=O) groups excluding carboxylic acids is 1. The first-order chi connectivity index (χ1) is 10.1. The number of carbonyl (C=O) groups is 1. The number of anilines is 2. The van der Waals surface area contributed by atoms with E-state index in [2.05, 4.69) is 15.6 Å². The van der Waals surface area contributed by atoms with Crippen molar-refractivity contribution in [3.05, 3.63) is 53.5 Å². The van der Waals surface area contributed by atoms with Gasteiger partial charge in [0.2, 0.25) is 0 Å². The Morgan fingerprint density at radius 3 is 2.86 bits per heavy atom. The maximum atomic E-state index is 13.7. The third-order valence-electron chi connectivity index (χ3n) is 2.69. The molecule has 0 fully saturated rings. The zero-order chi connectivity index (χ0) is 15.2. The lowest BCUT2D eigenvalue weighted by Crippen LogP contribution is -2.15. The summed E-state index contributed by atoms with van der Waals surface area (Å²) in [5, 5.41) is 14.1. The highest BCUT2D eigenvalue weighted by Gasteiger charge is 2.11. The molecule has 2 aromatic rings. The SMILES string of the molecule is CCNc1cccc(C(=O)Nc2ccc(C#N)cc2F)n1. The highest BCUT2D eigenvalue weighted by Crippen LogP contribution is 2.16. The second-order valence-corrected chi connectivity index (χ2v) is 4.20. The van der Waals surface area contributed by atoms with Gasteiger partial charge in [0.05, 0.1) is 17.3 Å². The first-order valence-corrected chi connectivity index (χ1v) is 6.36. The summed E-state index contributed by atoms with van der Waals surface area (Å²) >= 11 is 0. The Hall–Kier alpha value is -2.94. The molecule has 0 aliphatic heterocycles. The molecular weight excluding hydrogens is 271 g/mol. The lowest BCUT2D eigenvalue weighted by atomic mass is 10.2. The molecule has 1 heterocycles. The Morgan fingerprint density at radius 1 is 1.38 bits per heavy atom. The van der Waals surface area contributed by atoms with Gasteiger partial charge in [-0.15, -0.1) is 0 Å². The Bertz CT molecular complexity index is 709. The number of nitrogens with one attached hydrogen (secondary N) is 2. The summed E-state index contributed by atoms with van der Waals surface area (Å²) in [5.74, 6) is -0.603. The number of amides is 1. The second kappa shape index (κ2) is 6.48. The van der Waals surface area contributed by atoms with Gasteiger partial charge in [-0.3, -0.25) is 4.79 Å². The lowest BCUT2D eigenvalue weighted by molar-refractivity contribution is 0.102. The van der Waals surface area contributed by atoms with E-state index in [4.69, 9.17) is 5.26 Å². The molecule has 2 N–H and O–H groups in total. The molecule has 6 heteroatoms. The lowest BCUT2D eigenvalue weighted by Gasteiger charge is -2.08. The summed E-state index contributed by atoms with van der Waals surface area (Å²) in [7, 11) is 0. The van der Waals surface area contributed by atoms with Crippen LogP contribution in [0, 0.1) is 17.1 Å². The maximum Gasteiger partial charge on any atom is 0.274 e. The fourth-order valence-corrected chi connectivity index (χ4v) is 1.71. The summed E-state index contributed by atoms with van der Waals surface area (Å²) in [4.78, 5) is 16.2. The van der Waals surface area contributed by atoms with Crippen LogP contribution in [0.4, 0.5) is 15.9 Å². The van der Waals surface area contributed by atoms with Crippen molar-refractivity contribution in [2.45, 2.75) is 6.92 Å². The van der Waals surface area contributed by atoms with Gasteiger partial charge in [0.15, 0.2) is 0 Å². The molecule has 21 heavy (non-hydrogen) atoms. The number of halogens is 1. The molecule has 0 radical (unpaired) electrons. The average molecular weight is 284 g/mol. The number of hydrogen-bond acceptors (Lipinski definition) is 4. The monoisotopic (exact) mass is 284 g/mol. The van der Waals surface area contributed by atoms with E-state index in [0.29, 0.717) is 12.4 Å². The number of pyridine rings is 1. The van der Waals surface area contributed by atoms with Gasteiger partial charge >= 0.3 is 0 Å². The first kappa shape index (κ1) is 14.5. The molecule has 0 unspecified atom stereocenters. The highest BCUT2D eigenvalue weighted by atomic mass is 19.1. The van der Waals surface area contributed by atoms with Gasteiger partial charge in [-0.05, 0) is 37.3 Å². The van der Waals surface area contributed by atoms with Crippen LogP contribution >= 0.6 is 0 Å². The van der Waals surface area contributed by atoms with Crippen molar-refractivity contribution in [3.8, 4) is 6.07 Å². The molecule has 0 aliphatic carbocycles. The van der Waals surface area contributed by atoms with Gasteiger partial charge in [-0.1, -0.05) is 6.07 Å². The van der Waals surface area contributed by atoms with Crippen LogP contribution in [0.25, 0.3) is 0 Å². The fourth-order valence-electron chi connectivity index (χ4n) is 1.71. The molecule has 0 atom stereocenters. The van der Waals surface area contributed by atoms with E-state index in [9.17, 15) is 9.18 Å². The average Bonchev–Trinajstić information content (AvgIpc) is 2.50. The molecule has 0 saturated carbocycles. The highest BCUT2D eigenvalue weighted by molar-refractivity contribution is 6.03. The second-order valence-electron chi connectivity index (χ2n) is 4.20. The van der Waals surface area contributed by atoms with E-state index in [1.807, 2.05) is 13.0 Å². The molecular formula is C15H13FN4O. The zero-order valence-electron chi connectivity index (χ0n) is 11.4. The van der Waals surface area contributed by atoms with Crippen LogP contribution < -0.4 is 10.6 Å². The van der Waals surface area contributed by atoms with E-state index in [0.717, 1.165) is 6.07 Å². The normalized spacial score (nSPS) is 9.76. The van der Waals surface area contributed by atoms with E-state index in [1.54, 1.807) is 12.1 Å². The maximum absolute atomic E-state index is 13.7. The van der Waals surface area contributed by atoms with E-state index in [-0.39, 0.29) is 16.9 Å². The summed E-state index contributed by atoms with van der Waals surface area (Å²) in [6.07, 6.45) is 0. The molecule has 1 amide bonds. The van der Waals surface area contributed by atoms with Crippen molar-refractivity contribution < 1.29 is 9.18 Å². The quantitative estimate of drug-likeness (QED) is 0.905. The van der Waals surface area contributed by atoms with Crippen molar-refractivity contribution in [2.24, 2.45) is 0 Å². The topological polar surface area (TPSA) is 77.8 Å². The molecule has 0 aliphatic rings. The molecule has 5 nitrogen and oxygen atoms in total. The van der Waals surface area contributed by atoms with E-state index in [1.165, 1.54) is 18.2 Å². The largest absolute Gasteiger partial charge is 0.370 e. The smallest absolute Gasteiger partial charge is 0.274 e. The van der Waals surface area contributed by atoms with Crippen LogP contribution in [0.5, 0.6) is 0 Å². The minimum absolute atomic E-state index is 0.00894. The number of nitriles is 1. The minimum Gasteiger partial charge on any atom is -0.370 e. The van der Waals surface area contributed by atoms with Crippen LogP contribution in [-0.4, -0.2) is 17.4 Å². The summed E-state index contributed by atoms with van der Waals surface area (Å²) in [6.45, 7) is 2.60. The van der Waals surface area contributed by atoms with Gasteiger partial charge in [0, 0.05) is 6.54 Å². The van der Waals surface area contributed by atoms with Crippen LogP contribution in [-0.2, 0) is 0 Å². The molecule has 1 aromatic heterocycles. The molecule has 2 rings (SSSR count). The van der Waals surface area contributed by atoms with Crippen molar-refractivity contribution in [3.63, 3.8) is 0 Å². The third-order valence-corrected chi connectivity index (χ3v) is 2.69. The molecule has 1 aromatic carbocycles. The first-order valence-electron chi connectivity index (χ1n) is 6.36. The van der Waals surface area contributed by atoms with E-state index >= 15 is 0 Å². The van der Waals surface area contributed by atoms with Gasteiger partial charge in [0.25, 0.3) is 5.91 Å². The Balaban J connectivity index is 2.18. The predicted molar refractivity (Wildman–Crippen MR) is 77.5 cm³/mol. The van der Waals surface area contributed by atoms with Crippen LogP contribution in [0.3, 0.4) is 0 Å². The number of rotatable bonds is 4. The van der Waals surface area contributed by atoms with Gasteiger partial charge in [-0.25, -0.2) is 9.37 Å². The molecule has 0 spiro atoms. The van der Waals surface area contributed by atoms with Gasteiger partial charge < -0.3 is 10.6 Å². The molecule has 0 saturated heterocycles. The van der Waals surface area contributed by atoms with Crippen LogP contribution in [0.15, 0.2) is 36.4 Å². The van der Waals surface area contributed by atoms with E-state index < -0.39 is 11.7 Å². The van der Waals surface area contributed by atoms with Crippen molar-refractivity contribution >= 4 is 17.4 Å². The number of hydrogen-bond donors (Lipinski definition) is 2. The summed E-state index contributed by atoms with van der Waals surface area (Å²) < 4.78 is 13.7. The number of benzene rings is 1. The minimum atomic E-state index is -0.662. The Morgan fingerprint density at radius 2 is 2.19 bits per heavy atom. The van der Waals surface area contributed by atoms with Gasteiger partial charge in [0.1, 0.15) is 17.3 Å². The van der Waals surface area contributed by atoms with Crippen LogP contribution in [0.1, 0.15) is 23.0 Å². The molecule has 0 bridgehead atoms. The van der Waals surface area contributed by atoms with Crippen molar-refractivity contribution in [2.75, 3.05) is 17.2 Å². The van der Waals surface area contributed by atoms with Crippen molar-refractivity contribution in [1.82, 2.24) is 4.98 Å².